The zero-order valence-electron chi connectivity index (χ0n) is 13.4. The summed E-state index contributed by atoms with van der Waals surface area (Å²) in [6, 6.07) is 14.6. The molecular weight excluding hydrogens is 288 g/mol. The quantitative estimate of drug-likeness (QED) is 0.632. The SMILES string of the molecule is Cc1ccc(N2C(=O)C(=CN(C)C)c3ccccc3C2=O)cc1. The van der Waals surface area contributed by atoms with Crippen LogP contribution in [0.4, 0.5) is 5.69 Å². The monoisotopic (exact) mass is 306 g/mol. The molecule has 0 aromatic heterocycles. The van der Waals surface area contributed by atoms with Gasteiger partial charge in [-0.05, 0) is 25.1 Å². The normalized spacial score (nSPS) is 15.8. The van der Waals surface area contributed by atoms with E-state index in [1.807, 2.05) is 56.3 Å². The van der Waals surface area contributed by atoms with Crippen LogP contribution in [0.2, 0.25) is 0 Å². The van der Waals surface area contributed by atoms with Crippen LogP contribution in [-0.2, 0) is 4.79 Å². The van der Waals surface area contributed by atoms with Crippen LogP contribution in [0.15, 0.2) is 54.7 Å². The van der Waals surface area contributed by atoms with E-state index in [0.29, 0.717) is 22.4 Å². The van der Waals surface area contributed by atoms with Crippen LogP contribution in [0.25, 0.3) is 5.57 Å². The van der Waals surface area contributed by atoms with Gasteiger partial charge in [-0.3, -0.25) is 9.59 Å². The van der Waals surface area contributed by atoms with Gasteiger partial charge in [-0.25, -0.2) is 4.90 Å². The predicted molar refractivity (Wildman–Crippen MR) is 91.1 cm³/mol. The van der Waals surface area contributed by atoms with Gasteiger partial charge in [-0.15, -0.1) is 0 Å². The van der Waals surface area contributed by atoms with Gasteiger partial charge in [0.25, 0.3) is 11.8 Å². The molecule has 3 rings (SSSR count). The number of rotatable bonds is 2. The molecule has 1 heterocycles. The molecule has 0 atom stereocenters. The number of anilines is 1. The molecule has 0 aliphatic carbocycles. The standard InChI is InChI=1S/C19H18N2O2/c1-13-8-10-14(11-9-13)21-18(22)16-7-5-4-6-15(16)17(19(21)23)12-20(2)3/h4-12H,1-3H3. The molecule has 2 aromatic rings. The highest BCUT2D eigenvalue weighted by molar-refractivity contribution is 6.40. The summed E-state index contributed by atoms with van der Waals surface area (Å²) in [5.74, 6) is -0.586. The van der Waals surface area contributed by atoms with Gasteiger partial charge in [0.05, 0.1) is 11.3 Å². The van der Waals surface area contributed by atoms with Crippen LogP contribution in [0, 0.1) is 6.92 Å². The van der Waals surface area contributed by atoms with Gasteiger partial charge >= 0.3 is 0 Å². The van der Waals surface area contributed by atoms with Crippen molar-refractivity contribution >= 4 is 23.1 Å². The zero-order valence-corrected chi connectivity index (χ0v) is 13.4. The molecule has 23 heavy (non-hydrogen) atoms. The smallest absolute Gasteiger partial charge is 0.267 e. The Morgan fingerprint density at radius 3 is 2.09 bits per heavy atom. The maximum absolute atomic E-state index is 12.9. The number of fused-ring (bicyclic) bond motifs is 1. The Bertz CT molecular complexity index is 804. The summed E-state index contributed by atoms with van der Waals surface area (Å²) >= 11 is 0. The van der Waals surface area contributed by atoms with E-state index in [9.17, 15) is 9.59 Å². The molecule has 0 bridgehead atoms. The first-order valence-corrected chi connectivity index (χ1v) is 7.42. The first kappa shape index (κ1) is 15.0. The fourth-order valence-electron chi connectivity index (χ4n) is 2.66. The van der Waals surface area contributed by atoms with Crippen LogP contribution >= 0.6 is 0 Å². The van der Waals surface area contributed by atoms with Gasteiger partial charge in [0.1, 0.15) is 0 Å². The topological polar surface area (TPSA) is 40.6 Å². The molecule has 0 N–H and O–H groups in total. The molecule has 1 aliphatic heterocycles. The summed E-state index contributed by atoms with van der Waals surface area (Å²) in [5.41, 5.74) is 3.41. The van der Waals surface area contributed by atoms with Crippen molar-refractivity contribution in [3.05, 3.63) is 71.4 Å². The highest BCUT2D eigenvalue weighted by Gasteiger charge is 2.35. The summed E-state index contributed by atoms with van der Waals surface area (Å²) < 4.78 is 0. The third-order valence-corrected chi connectivity index (χ3v) is 3.76. The van der Waals surface area contributed by atoms with Crippen molar-refractivity contribution in [2.45, 2.75) is 6.92 Å². The minimum absolute atomic E-state index is 0.287. The van der Waals surface area contributed by atoms with Crippen LogP contribution < -0.4 is 4.90 Å². The van der Waals surface area contributed by atoms with E-state index >= 15 is 0 Å². The minimum atomic E-state index is -0.300. The molecule has 0 fully saturated rings. The lowest BCUT2D eigenvalue weighted by Gasteiger charge is -2.29. The highest BCUT2D eigenvalue weighted by Crippen LogP contribution is 2.32. The van der Waals surface area contributed by atoms with E-state index in [1.165, 1.54) is 4.90 Å². The average molecular weight is 306 g/mol. The molecule has 0 saturated heterocycles. The fourth-order valence-corrected chi connectivity index (χ4v) is 2.66. The lowest BCUT2D eigenvalue weighted by Crippen LogP contribution is -2.42. The number of imide groups is 1. The number of amides is 2. The van der Waals surface area contributed by atoms with Crippen molar-refractivity contribution in [1.29, 1.82) is 0 Å². The number of nitrogens with zero attached hydrogens (tertiary/aromatic N) is 2. The van der Waals surface area contributed by atoms with Gasteiger partial charge in [0.15, 0.2) is 0 Å². The molecule has 4 nitrogen and oxygen atoms in total. The number of carbonyl (C=O) groups is 2. The first-order chi connectivity index (χ1) is 11.0. The van der Waals surface area contributed by atoms with Gasteiger partial charge < -0.3 is 4.90 Å². The van der Waals surface area contributed by atoms with Crippen LogP contribution in [0.5, 0.6) is 0 Å². The summed E-state index contributed by atoms with van der Waals surface area (Å²) in [4.78, 5) is 28.8. The van der Waals surface area contributed by atoms with Crippen LogP contribution in [0.3, 0.4) is 0 Å². The van der Waals surface area contributed by atoms with Gasteiger partial charge in [0, 0.05) is 31.4 Å². The minimum Gasteiger partial charge on any atom is -0.383 e. The van der Waals surface area contributed by atoms with Crippen molar-refractivity contribution in [3.63, 3.8) is 0 Å². The molecular formula is C19H18N2O2. The van der Waals surface area contributed by atoms with E-state index in [1.54, 1.807) is 24.4 Å². The second kappa shape index (κ2) is 5.72. The fraction of sp³-hybridized carbons (Fsp3) is 0.158. The lowest BCUT2D eigenvalue weighted by molar-refractivity contribution is -0.112. The average Bonchev–Trinajstić information content (AvgIpc) is 2.53. The molecule has 0 radical (unpaired) electrons. The van der Waals surface area contributed by atoms with Crippen molar-refractivity contribution in [2.75, 3.05) is 19.0 Å². The Balaban J connectivity index is 2.18. The molecule has 0 spiro atoms. The molecule has 2 amide bonds. The number of hydrogen-bond donors (Lipinski definition) is 0. The Morgan fingerprint density at radius 1 is 0.870 bits per heavy atom. The maximum atomic E-state index is 12.9. The molecule has 2 aromatic carbocycles. The zero-order chi connectivity index (χ0) is 16.6. The van der Waals surface area contributed by atoms with Gasteiger partial charge in [-0.2, -0.15) is 0 Å². The van der Waals surface area contributed by atoms with E-state index < -0.39 is 0 Å². The molecule has 4 heteroatoms. The Morgan fingerprint density at radius 2 is 1.48 bits per heavy atom. The van der Waals surface area contributed by atoms with E-state index in [-0.39, 0.29) is 11.8 Å². The predicted octanol–water partition coefficient (Wildman–Crippen LogP) is 3.08. The van der Waals surface area contributed by atoms with E-state index in [4.69, 9.17) is 0 Å². The van der Waals surface area contributed by atoms with Gasteiger partial charge in [0.2, 0.25) is 0 Å². The van der Waals surface area contributed by atoms with Crippen molar-refractivity contribution in [1.82, 2.24) is 4.90 Å². The molecule has 116 valence electrons. The lowest BCUT2D eigenvalue weighted by atomic mass is 9.93. The number of hydrogen-bond acceptors (Lipinski definition) is 3. The maximum Gasteiger partial charge on any atom is 0.267 e. The second-order valence-corrected chi connectivity index (χ2v) is 5.83. The van der Waals surface area contributed by atoms with Crippen LogP contribution in [0.1, 0.15) is 21.5 Å². The third kappa shape index (κ3) is 2.63. The van der Waals surface area contributed by atoms with Crippen LogP contribution in [-0.4, -0.2) is 30.8 Å². The Hall–Kier alpha value is -2.88. The summed E-state index contributed by atoms with van der Waals surface area (Å²) in [6.07, 6.45) is 1.76. The Kier molecular flexibility index (Phi) is 3.74. The molecule has 0 unspecified atom stereocenters. The third-order valence-electron chi connectivity index (χ3n) is 3.76. The summed E-state index contributed by atoms with van der Waals surface area (Å²) in [5, 5.41) is 0. The first-order valence-electron chi connectivity index (χ1n) is 7.42. The molecule has 1 aliphatic rings. The van der Waals surface area contributed by atoms with Crippen molar-refractivity contribution in [2.24, 2.45) is 0 Å². The van der Waals surface area contributed by atoms with Crippen molar-refractivity contribution < 1.29 is 9.59 Å². The van der Waals surface area contributed by atoms with Crippen molar-refractivity contribution in [3.8, 4) is 0 Å². The largest absolute Gasteiger partial charge is 0.383 e. The van der Waals surface area contributed by atoms with Gasteiger partial charge in [-0.1, -0.05) is 35.9 Å². The summed E-state index contributed by atoms with van der Waals surface area (Å²) in [7, 11) is 3.71. The number of aryl methyl sites for hydroxylation is 1. The highest BCUT2D eigenvalue weighted by atomic mass is 16.2. The molecule has 0 saturated carbocycles. The Labute approximate surface area is 135 Å². The van der Waals surface area contributed by atoms with E-state index in [0.717, 1.165) is 5.56 Å². The number of benzene rings is 2. The number of carbonyl (C=O) groups excluding carboxylic acids is 2. The van der Waals surface area contributed by atoms with E-state index in [2.05, 4.69) is 0 Å². The summed E-state index contributed by atoms with van der Waals surface area (Å²) in [6.45, 7) is 1.97. The second-order valence-electron chi connectivity index (χ2n) is 5.83.